The molecule has 0 aromatic carbocycles. The second-order valence-electron chi connectivity index (χ2n) is 6.35. The Labute approximate surface area is 98.4 Å². The molecular weight excluding hydrogens is 200 g/mol. The maximum absolute atomic E-state index is 12.0. The van der Waals surface area contributed by atoms with Crippen molar-refractivity contribution in [2.75, 3.05) is 13.1 Å². The Morgan fingerprint density at radius 2 is 1.88 bits per heavy atom. The lowest BCUT2D eigenvalue weighted by Crippen LogP contribution is -2.44. The summed E-state index contributed by atoms with van der Waals surface area (Å²) in [5.74, 6) is 0.921. The first-order valence-electron chi connectivity index (χ1n) is 6.50. The van der Waals surface area contributed by atoms with Crippen molar-refractivity contribution in [2.45, 2.75) is 52.0 Å². The summed E-state index contributed by atoms with van der Waals surface area (Å²) in [6.07, 6.45) is 5.11. The Bertz CT molecular complexity index is 259. The molecule has 1 heterocycles. The van der Waals surface area contributed by atoms with Gasteiger partial charge in [-0.2, -0.15) is 0 Å². The standard InChI is InChI=1S/C13H24N2O/c1-13(2)3-5-15(6-4-13)12(16)9-10-7-11(14)8-10/h10-11H,3-9,14H2,1-2H3. The summed E-state index contributed by atoms with van der Waals surface area (Å²) in [4.78, 5) is 14.1. The van der Waals surface area contributed by atoms with E-state index in [1.54, 1.807) is 0 Å². The molecule has 2 aliphatic rings. The number of nitrogens with zero attached hydrogens (tertiary/aromatic N) is 1. The molecule has 0 aromatic rings. The maximum Gasteiger partial charge on any atom is 0.222 e. The summed E-state index contributed by atoms with van der Waals surface area (Å²) < 4.78 is 0. The summed E-state index contributed by atoms with van der Waals surface area (Å²) in [7, 11) is 0. The van der Waals surface area contributed by atoms with Gasteiger partial charge in [-0.15, -0.1) is 0 Å². The predicted octanol–water partition coefficient (Wildman–Crippen LogP) is 1.76. The van der Waals surface area contributed by atoms with E-state index in [1.807, 2.05) is 0 Å². The summed E-state index contributed by atoms with van der Waals surface area (Å²) in [5, 5.41) is 0. The lowest BCUT2D eigenvalue weighted by Gasteiger charge is -2.39. The van der Waals surface area contributed by atoms with Crippen LogP contribution in [0.2, 0.25) is 0 Å². The van der Waals surface area contributed by atoms with Gasteiger partial charge in [-0.25, -0.2) is 0 Å². The van der Waals surface area contributed by atoms with Crippen molar-refractivity contribution >= 4 is 5.91 Å². The quantitative estimate of drug-likeness (QED) is 0.777. The third-order valence-electron chi connectivity index (χ3n) is 4.21. The van der Waals surface area contributed by atoms with Crippen LogP contribution in [-0.2, 0) is 4.79 Å². The van der Waals surface area contributed by atoms with E-state index in [0.717, 1.165) is 45.2 Å². The van der Waals surface area contributed by atoms with Crippen LogP contribution in [-0.4, -0.2) is 29.9 Å². The molecular formula is C13H24N2O. The fraction of sp³-hybridized carbons (Fsp3) is 0.923. The lowest BCUT2D eigenvalue weighted by molar-refractivity contribution is -0.135. The van der Waals surface area contributed by atoms with E-state index in [9.17, 15) is 4.79 Å². The average Bonchev–Trinajstić information content (AvgIpc) is 2.15. The highest BCUT2D eigenvalue weighted by molar-refractivity contribution is 5.76. The smallest absolute Gasteiger partial charge is 0.222 e. The van der Waals surface area contributed by atoms with Gasteiger partial charge in [0.1, 0.15) is 0 Å². The highest BCUT2D eigenvalue weighted by Crippen LogP contribution is 2.32. The molecule has 2 rings (SSSR count). The van der Waals surface area contributed by atoms with Crippen molar-refractivity contribution < 1.29 is 4.79 Å². The molecule has 2 N–H and O–H groups in total. The average molecular weight is 224 g/mol. The van der Waals surface area contributed by atoms with Gasteiger partial charge >= 0.3 is 0 Å². The van der Waals surface area contributed by atoms with Crippen LogP contribution in [0, 0.1) is 11.3 Å². The van der Waals surface area contributed by atoms with Crippen molar-refractivity contribution in [2.24, 2.45) is 17.1 Å². The van der Waals surface area contributed by atoms with Crippen LogP contribution in [0.5, 0.6) is 0 Å². The molecule has 0 aromatic heterocycles. The maximum atomic E-state index is 12.0. The van der Waals surface area contributed by atoms with E-state index in [2.05, 4.69) is 18.7 Å². The molecule has 2 fully saturated rings. The van der Waals surface area contributed by atoms with E-state index in [4.69, 9.17) is 5.73 Å². The molecule has 1 amide bonds. The third-order valence-corrected chi connectivity index (χ3v) is 4.21. The number of piperidine rings is 1. The van der Waals surface area contributed by atoms with Gasteiger partial charge in [0.05, 0.1) is 0 Å². The first-order chi connectivity index (χ1) is 7.46. The topological polar surface area (TPSA) is 46.3 Å². The molecule has 0 radical (unpaired) electrons. The summed E-state index contributed by atoms with van der Waals surface area (Å²) >= 11 is 0. The van der Waals surface area contributed by atoms with E-state index >= 15 is 0 Å². The molecule has 3 nitrogen and oxygen atoms in total. The Hall–Kier alpha value is -0.570. The fourth-order valence-electron chi connectivity index (χ4n) is 2.69. The molecule has 0 bridgehead atoms. The second kappa shape index (κ2) is 4.36. The lowest BCUT2D eigenvalue weighted by atomic mass is 9.78. The molecule has 92 valence electrons. The van der Waals surface area contributed by atoms with Crippen molar-refractivity contribution in [1.29, 1.82) is 0 Å². The van der Waals surface area contributed by atoms with E-state index in [1.165, 1.54) is 0 Å². The molecule has 1 saturated heterocycles. The van der Waals surface area contributed by atoms with Crippen LogP contribution in [0.1, 0.15) is 46.0 Å². The van der Waals surface area contributed by atoms with Crippen LogP contribution in [0.25, 0.3) is 0 Å². The highest BCUT2D eigenvalue weighted by atomic mass is 16.2. The molecule has 0 unspecified atom stereocenters. The van der Waals surface area contributed by atoms with Gasteiger partial charge in [0.15, 0.2) is 0 Å². The number of likely N-dealkylation sites (tertiary alicyclic amines) is 1. The van der Waals surface area contributed by atoms with Gasteiger partial charge in [0, 0.05) is 25.6 Å². The predicted molar refractivity (Wildman–Crippen MR) is 64.9 cm³/mol. The van der Waals surface area contributed by atoms with Crippen molar-refractivity contribution in [3.05, 3.63) is 0 Å². The molecule has 1 saturated carbocycles. The zero-order valence-corrected chi connectivity index (χ0v) is 10.5. The Morgan fingerprint density at radius 3 is 2.38 bits per heavy atom. The van der Waals surface area contributed by atoms with Gasteiger partial charge < -0.3 is 10.6 Å². The summed E-state index contributed by atoms with van der Waals surface area (Å²) in [5.41, 5.74) is 6.16. The second-order valence-corrected chi connectivity index (χ2v) is 6.35. The van der Waals surface area contributed by atoms with Gasteiger partial charge in [0.25, 0.3) is 0 Å². The number of carbonyl (C=O) groups is 1. The van der Waals surface area contributed by atoms with Gasteiger partial charge in [-0.3, -0.25) is 4.79 Å². The van der Waals surface area contributed by atoms with Gasteiger partial charge in [-0.1, -0.05) is 13.8 Å². The van der Waals surface area contributed by atoms with Crippen LogP contribution in [0.4, 0.5) is 0 Å². The third kappa shape index (κ3) is 2.76. The molecule has 3 heteroatoms. The molecule has 0 spiro atoms. The Kier molecular flexibility index (Phi) is 3.24. The monoisotopic (exact) mass is 224 g/mol. The van der Waals surface area contributed by atoms with Crippen LogP contribution >= 0.6 is 0 Å². The Morgan fingerprint density at radius 1 is 1.31 bits per heavy atom. The molecule has 1 aliphatic heterocycles. The minimum atomic E-state index is 0.354. The first-order valence-corrected chi connectivity index (χ1v) is 6.50. The van der Waals surface area contributed by atoms with Gasteiger partial charge in [-0.05, 0) is 37.0 Å². The number of rotatable bonds is 2. The summed E-state index contributed by atoms with van der Waals surface area (Å²) in [6.45, 7) is 6.48. The minimum Gasteiger partial charge on any atom is -0.343 e. The number of hydrogen-bond acceptors (Lipinski definition) is 2. The SMILES string of the molecule is CC1(C)CCN(C(=O)CC2CC(N)C2)CC1. The van der Waals surface area contributed by atoms with Crippen molar-refractivity contribution in [1.82, 2.24) is 4.90 Å². The van der Waals surface area contributed by atoms with Crippen LogP contribution in [0.15, 0.2) is 0 Å². The zero-order chi connectivity index (χ0) is 11.8. The molecule has 0 atom stereocenters. The summed E-state index contributed by atoms with van der Waals surface area (Å²) in [6, 6.07) is 0.359. The van der Waals surface area contributed by atoms with E-state index in [0.29, 0.717) is 23.3 Å². The van der Waals surface area contributed by atoms with Crippen molar-refractivity contribution in [3.8, 4) is 0 Å². The molecule has 16 heavy (non-hydrogen) atoms. The van der Waals surface area contributed by atoms with Gasteiger partial charge in [0.2, 0.25) is 5.91 Å². The van der Waals surface area contributed by atoms with E-state index < -0.39 is 0 Å². The fourth-order valence-corrected chi connectivity index (χ4v) is 2.69. The van der Waals surface area contributed by atoms with E-state index in [-0.39, 0.29) is 0 Å². The molecule has 1 aliphatic carbocycles. The highest BCUT2D eigenvalue weighted by Gasteiger charge is 2.32. The largest absolute Gasteiger partial charge is 0.343 e. The number of nitrogens with two attached hydrogens (primary N) is 1. The van der Waals surface area contributed by atoms with Crippen LogP contribution in [0.3, 0.4) is 0 Å². The zero-order valence-electron chi connectivity index (χ0n) is 10.5. The number of carbonyl (C=O) groups excluding carboxylic acids is 1. The number of amides is 1. The number of hydrogen-bond donors (Lipinski definition) is 1. The van der Waals surface area contributed by atoms with Crippen LogP contribution < -0.4 is 5.73 Å². The van der Waals surface area contributed by atoms with Crippen molar-refractivity contribution in [3.63, 3.8) is 0 Å². The Balaban J connectivity index is 1.74. The first kappa shape index (κ1) is 11.9. The minimum absolute atomic E-state index is 0.354. The normalized spacial score (nSPS) is 33.3.